The average molecular weight is 382 g/mol. The van der Waals surface area contributed by atoms with Gasteiger partial charge in [-0.2, -0.15) is 0 Å². The molecule has 0 aliphatic carbocycles. The Morgan fingerprint density at radius 3 is 2.92 bits per heavy atom. The number of nitrogens with one attached hydrogen (secondary N) is 2. The van der Waals surface area contributed by atoms with Gasteiger partial charge in [-0.1, -0.05) is 13.8 Å². The van der Waals surface area contributed by atoms with E-state index in [2.05, 4.69) is 38.8 Å². The van der Waals surface area contributed by atoms with Gasteiger partial charge in [0.15, 0.2) is 5.96 Å². The Morgan fingerprint density at radius 2 is 2.27 bits per heavy atom. The third kappa shape index (κ3) is 6.25. The van der Waals surface area contributed by atoms with Crippen LogP contribution in [0, 0.1) is 11.8 Å². The van der Waals surface area contributed by atoms with Crippen LogP contribution in [0.5, 0.6) is 0 Å². The van der Waals surface area contributed by atoms with Gasteiger partial charge in [-0.05, 0) is 43.7 Å². The first-order valence-corrected chi connectivity index (χ1v) is 10.8. The summed E-state index contributed by atoms with van der Waals surface area (Å²) in [5.74, 6) is 2.30. The Balaban J connectivity index is 1.87. The van der Waals surface area contributed by atoms with Crippen molar-refractivity contribution in [2.45, 2.75) is 38.5 Å². The molecule has 1 aromatic rings. The minimum atomic E-state index is -3.53. The molecule has 8 heteroatoms. The Hall–Kier alpha value is -1.67. The molecule has 0 spiro atoms. The van der Waals surface area contributed by atoms with Crippen LogP contribution in [-0.2, 0) is 10.0 Å². The van der Waals surface area contributed by atoms with Gasteiger partial charge in [0, 0.05) is 38.6 Å². The third-order valence-electron chi connectivity index (χ3n) is 4.34. The van der Waals surface area contributed by atoms with E-state index in [0.717, 1.165) is 25.6 Å². The average Bonchev–Trinajstić information content (AvgIpc) is 3.06. The van der Waals surface area contributed by atoms with E-state index in [1.807, 2.05) is 6.92 Å². The van der Waals surface area contributed by atoms with Crippen molar-refractivity contribution >= 4 is 16.0 Å². The van der Waals surface area contributed by atoms with Gasteiger partial charge in [-0.3, -0.25) is 9.98 Å². The van der Waals surface area contributed by atoms with E-state index in [0.29, 0.717) is 18.4 Å². The lowest BCUT2D eigenvalue weighted by Crippen LogP contribution is -2.40. The van der Waals surface area contributed by atoms with Crippen LogP contribution in [0.3, 0.4) is 0 Å². The zero-order valence-corrected chi connectivity index (χ0v) is 16.8. The predicted molar refractivity (Wildman–Crippen MR) is 105 cm³/mol. The normalized spacial score (nSPS) is 18.5. The predicted octanol–water partition coefficient (Wildman–Crippen LogP) is 1.69. The molecular formula is C18H31N5O2S. The highest BCUT2D eigenvalue weighted by molar-refractivity contribution is 7.89. The summed E-state index contributed by atoms with van der Waals surface area (Å²) >= 11 is 0. The first kappa shape index (κ1) is 20.6. The molecule has 2 N–H and O–H groups in total. The first-order chi connectivity index (χ1) is 12.4. The summed E-state index contributed by atoms with van der Waals surface area (Å²) in [6, 6.07) is 3.14. The highest BCUT2D eigenvalue weighted by atomic mass is 32.2. The summed E-state index contributed by atoms with van der Waals surface area (Å²) in [6.07, 6.45) is 5.32. The molecule has 7 nitrogen and oxygen atoms in total. The maximum absolute atomic E-state index is 12.2. The van der Waals surface area contributed by atoms with Gasteiger partial charge in [0.25, 0.3) is 0 Å². The Morgan fingerprint density at radius 1 is 1.46 bits per heavy atom. The maximum Gasteiger partial charge on any atom is 0.242 e. The van der Waals surface area contributed by atoms with Crippen LogP contribution >= 0.6 is 0 Å². The van der Waals surface area contributed by atoms with Crippen molar-refractivity contribution < 1.29 is 8.42 Å². The van der Waals surface area contributed by atoms with Crippen LogP contribution in [0.2, 0.25) is 0 Å². The van der Waals surface area contributed by atoms with Crippen LogP contribution in [0.4, 0.5) is 0 Å². The number of aromatic nitrogens is 1. The van der Waals surface area contributed by atoms with Crippen LogP contribution in [0.25, 0.3) is 0 Å². The minimum absolute atomic E-state index is 0.173. The van der Waals surface area contributed by atoms with Gasteiger partial charge < -0.3 is 10.2 Å². The third-order valence-corrected chi connectivity index (χ3v) is 5.78. The van der Waals surface area contributed by atoms with Crippen molar-refractivity contribution in [1.29, 1.82) is 0 Å². The highest BCUT2D eigenvalue weighted by Crippen LogP contribution is 2.23. The Bertz CT molecular complexity index is 676. The largest absolute Gasteiger partial charge is 0.357 e. The number of sulfonamides is 1. The second-order valence-electron chi connectivity index (χ2n) is 7.05. The Kier molecular flexibility index (Phi) is 7.84. The molecule has 1 aromatic heterocycles. The molecule has 0 saturated carbocycles. The number of aliphatic imine (C=N–C) groups is 1. The fourth-order valence-corrected chi connectivity index (χ4v) is 4.23. The van der Waals surface area contributed by atoms with Crippen molar-refractivity contribution in [3.05, 3.63) is 24.5 Å². The molecule has 0 amide bonds. The van der Waals surface area contributed by atoms with Crippen LogP contribution < -0.4 is 10.0 Å². The molecule has 0 aromatic carbocycles. The number of likely N-dealkylation sites (tertiary alicyclic amines) is 1. The zero-order valence-electron chi connectivity index (χ0n) is 16.0. The van der Waals surface area contributed by atoms with Gasteiger partial charge in [0.05, 0.1) is 6.54 Å². The van der Waals surface area contributed by atoms with Crippen LogP contribution in [0.15, 0.2) is 34.4 Å². The van der Waals surface area contributed by atoms with Crippen molar-refractivity contribution in [3.63, 3.8) is 0 Å². The van der Waals surface area contributed by atoms with Crippen LogP contribution in [-0.4, -0.2) is 57.0 Å². The smallest absolute Gasteiger partial charge is 0.242 e. The first-order valence-electron chi connectivity index (χ1n) is 9.35. The monoisotopic (exact) mass is 381 g/mol. The van der Waals surface area contributed by atoms with Gasteiger partial charge in [0.1, 0.15) is 4.90 Å². The fraction of sp³-hybridized carbons (Fsp3) is 0.667. The van der Waals surface area contributed by atoms with E-state index in [4.69, 9.17) is 0 Å². The summed E-state index contributed by atoms with van der Waals surface area (Å²) in [5, 5.41) is 3.32. The SMILES string of the molecule is CCNC(=NCCNS(=O)(=O)c1cccnc1)N1CCC(CC(C)C)C1. The number of guanidine groups is 1. The molecule has 1 fully saturated rings. The molecule has 2 rings (SSSR count). The van der Waals surface area contributed by atoms with E-state index >= 15 is 0 Å². The minimum Gasteiger partial charge on any atom is -0.357 e. The molecule has 146 valence electrons. The number of pyridine rings is 1. The highest BCUT2D eigenvalue weighted by Gasteiger charge is 2.25. The van der Waals surface area contributed by atoms with E-state index in [9.17, 15) is 8.42 Å². The lowest BCUT2D eigenvalue weighted by atomic mass is 9.97. The molecule has 1 atom stereocenters. The molecule has 1 unspecified atom stereocenters. The quantitative estimate of drug-likeness (QED) is 0.407. The lowest BCUT2D eigenvalue weighted by Gasteiger charge is -2.22. The van der Waals surface area contributed by atoms with Crippen molar-refractivity contribution in [1.82, 2.24) is 19.9 Å². The summed E-state index contributed by atoms with van der Waals surface area (Å²) in [6.45, 7) is 10.0. The summed E-state index contributed by atoms with van der Waals surface area (Å²) in [4.78, 5) is 10.9. The van der Waals surface area contributed by atoms with Crippen molar-refractivity contribution in [2.24, 2.45) is 16.8 Å². The van der Waals surface area contributed by atoms with E-state index in [1.165, 1.54) is 25.1 Å². The topological polar surface area (TPSA) is 86.7 Å². The number of hydrogen-bond donors (Lipinski definition) is 2. The van der Waals surface area contributed by atoms with Crippen LogP contribution in [0.1, 0.15) is 33.6 Å². The summed E-state index contributed by atoms with van der Waals surface area (Å²) < 4.78 is 26.9. The van der Waals surface area contributed by atoms with E-state index in [-0.39, 0.29) is 11.4 Å². The molecular weight excluding hydrogens is 350 g/mol. The summed E-state index contributed by atoms with van der Waals surface area (Å²) in [7, 11) is -3.53. The van der Waals surface area contributed by atoms with E-state index < -0.39 is 10.0 Å². The molecule has 26 heavy (non-hydrogen) atoms. The molecule has 0 radical (unpaired) electrons. The molecule has 1 aliphatic rings. The molecule has 2 heterocycles. The van der Waals surface area contributed by atoms with Gasteiger partial charge in [0.2, 0.25) is 10.0 Å². The van der Waals surface area contributed by atoms with Crippen molar-refractivity contribution in [3.8, 4) is 0 Å². The van der Waals surface area contributed by atoms with E-state index in [1.54, 1.807) is 12.3 Å². The number of rotatable bonds is 8. The zero-order chi connectivity index (χ0) is 19.0. The van der Waals surface area contributed by atoms with Crippen molar-refractivity contribution in [2.75, 3.05) is 32.7 Å². The Labute approximate surface area is 157 Å². The van der Waals surface area contributed by atoms with Gasteiger partial charge >= 0.3 is 0 Å². The summed E-state index contributed by atoms with van der Waals surface area (Å²) in [5.41, 5.74) is 0. The lowest BCUT2D eigenvalue weighted by molar-refractivity contribution is 0.403. The van der Waals surface area contributed by atoms with Gasteiger partial charge in [-0.15, -0.1) is 0 Å². The molecule has 1 aliphatic heterocycles. The fourth-order valence-electron chi connectivity index (χ4n) is 3.24. The standard InChI is InChI=1S/C18H31N5O2S/c1-4-20-18(23-11-7-16(14-23)12-15(2)3)21-9-10-22-26(24,25)17-6-5-8-19-13-17/h5-6,8,13,15-16,22H,4,7,9-12,14H2,1-3H3,(H,20,21). The number of nitrogens with zero attached hydrogens (tertiary/aromatic N) is 3. The van der Waals surface area contributed by atoms with Gasteiger partial charge in [-0.25, -0.2) is 13.1 Å². The second kappa shape index (κ2) is 9.87. The number of hydrogen-bond acceptors (Lipinski definition) is 4. The molecule has 0 bridgehead atoms. The molecule has 1 saturated heterocycles. The maximum atomic E-state index is 12.2. The second-order valence-corrected chi connectivity index (χ2v) is 8.82.